The summed E-state index contributed by atoms with van der Waals surface area (Å²) in [4.78, 5) is 17.8. The first kappa shape index (κ1) is 18.1. The average molecular weight is 380 g/mol. The van der Waals surface area contributed by atoms with E-state index in [1.807, 2.05) is 0 Å². The van der Waals surface area contributed by atoms with Crippen LogP contribution in [-0.4, -0.2) is 34.0 Å². The Morgan fingerprint density at radius 1 is 1.23 bits per heavy atom. The van der Waals surface area contributed by atoms with E-state index >= 15 is 0 Å². The quantitative estimate of drug-likeness (QED) is 0.647. The number of carbonyl (C=O) groups excluding carboxylic acids is 1. The molecule has 1 aromatic heterocycles. The minimum absolute atomic E-state index is 0.0537. The normalized spacial score (nSPS) is 11.1. The number of ether oxygens (including phenoxy) is 1. The summed E-state index contributed by atoms with van der Waals surface area (Å²) in [7, 11) is 1.52. The van der Waals surface area contributed by atoms with Crippen molar-refractivity contribution in [1.29, 1.82) is 0 Å². The van der Waals surface area contributed by atoms with Crippen LogP contribution in [0.2, 0.25) is 5.02 Å². The number of halogens is 3. The maximum Gasteiger partial charge on any atom is 0.320 e. The van der Waals surface area contributed by atoms with Crippen LogP contribution in [0.15, 0.2) is 48.5 Å². The standard InChI is InChI=1S/C18H16ClF2N3O2/c1-23(17(25)11-26-13-8-6-12(19)7-9-13)10-16-22-14-4-2-3-5-15(14)24(16)18(20)21/h2-9,18H,10-11H2,1H3. The van der Waals surface area contributed by atoms with Gasteiger partial charge in [0.15, 0.2) is 6.61 Å². The van der Waals surface area contributed by atoms with Crippen LogP contribution in [0.4, 0.5) is 8.78 Å². The monoisotopic (exact) mass is 379 g/mol. The van der Waals surface area contributed by atoms with Gasteiger partial charge in [-0.1, -0.05) is 23.7 Å². The van der Waals surface area contributed by atoms with Gasteiger partial charge in [-0.3, -0.25) is 9.36 Å². The van der Waals surface area contributed by atoms with Gasteiger partial charge in [0.1, 0.15) is 11.6 Å². The summed E-state index contributed by atoms with van der Waals surface area (Å²) in [6.07, 6.45) is 0. The van der Waals surface area contributed by atoms with Gasteiger partial charge < -0.3 is 9.64 Å². The first-order chi connectivity index (χ1) is 12.5. The average Bonchev–Trinajstić information content (AvgIpc) is 2.98. The molecule has 2 aromatic carbocycles. The van der Waals surface area contributed by atoms with Gasteiger partial charge in [0.2, 0.25) is 0 Å². The molecule has 0 spiro atoms. The molecule has 0 saturated carbocycles. The van der Waals surface area contributed by atoms with E-state index in [1.165, 1.54) is 11.9 Å². The SMILES string of the molecule is CN(Cc1nc2ccccc2n1C(F)F)C(=O)COc1ccc(Cl)cc1. The Morgan fingerprint density at radius 3 is 2.62 bits per heavy atom. The number of benzene rings is 2. The topological polar surface area (TPSA) is 47.4 Å². The van der Waals surface area contributed by atoms with Crippen molar-refractivity contribution in [3.8, 4) is 5.75 Å². The maximum absolute atomic E-state index is 13.4. The number of alkyl halides is 2. The Labute approximate surface area is 153 Å². The summed E-state index contributed by atoms with van der Waals surface area (Å²) in [5.74, 6) is 0.257. The Morgan fingerprint density at radius 2 is 1.92 bits per heavy atom. The maximum atomic E-state index is 13.4. The number of imidazole rings is 1. The van der Waals surface area contributed by atoms with Crippen molar-refractivity contribution in [1.82, 2.24) is 14.5 Å². The minimum Gasteiger partial charge on any atom is -0.484 e. The Bertz CT molecular complexity index is 912. The van der Waals surface area contributed by atoms with Crippen LogP contribution in [0.3, 0.4) is 0 Å². The summed E-state index contributed by atoms with van der Waals surface area (Å²) in [5.41, 5.74) is 0.789. The van der Waals surface area contributed by atoms with E-state index in [0.717, 1.165) is 4.57 Å². The highest BCUT2D eigenvalue weighted by atomic mass is 35.5. The molecule has 5 nitrogen and oxygen atoms in total. The van der Waals surface area contributed by atoms with E-state index in [2.05, 4.69) is 4.98 Å². The zero-order valence-electron chi connectivity index (χ0n) is 13.9. The van der Waals surface area contributed by atoms with Crippen molar-refractivity contribution in [2.75, 3.05) is 13.7 Å². The summed E-state index contributed by atoms with van der Waals surface area (Å²) < 4.78 is 33.1. The minimum atomic E-state index is -2.74. The van der Waals surface area contributed by atoms with E-state index in [4.69, 9.17) is 16.3 Å². The molecular formula is C18H16ClF2N3O2. The molecule has 3 rings (SSSR count). The lowest BCUT2D eigenvalue weighted by Crippen LogP contribution is -2.32. The van der Waals surface area contributed by atoms with Gasteiger partial charge in [-0.25, -0.2) is 4.98 Å². The van der Waals surface area contributed by atoms with Gasteiger partial charge in [-0.2, -0.15) is 8.78 Å². The lowest BCUT2D eigenvalue weighted by atomic mass is 10.3. The van der Waals surface area contributed by atoms with E-state index in [1.54, 1.807) is 48.5 Å². The lowest BCUT2D eigenvalue weighted by molar-refractivity contribution is -0.132. The zero-order chi connectivity index (χ0) is 18.7. The highest BCUT2D eigenvalue weighted by Crippen LogP contribution is 2.23. The molecule has 0 radical (unpaired) electrons. The number of nitrogens with zero attached hydrogens (tertiary/aromatic N) is 3. The summed E-state index contributed by atoms with van der Waals surface area (Å²) in [5, 5.41) is 0.562. The highest BCUT2D eigenvalue weighted by molar-refractivity contribution is 6.30. The molecule has 136 valence electrons. The van der Waals surface area contributed by atoms with Gasteiger partial charge in [-0.05, 0) is 36.4 Å². The molecule has 0 atom stereocenters. The second-order valence-corrected chi connectivity index (χ2v) is 6.09. The number of hydrogen-bond donors (Lipinski definition) is 0. The van der Waals surface area contributed by atoms with Crippen molar-refractivity contribution < 1.29 is 18.3 Å². The highest BCUT2D eigenvalue weighted by Gasteiger charge is 2.20. The summed E-state index contributed by atoms with van der Waals surface area (Å²) >= 11 is 5.79. The van der Waals surface area contributed by atoms with Crippen LogP contribution in [-0.2, 0) is 11.3 Å². The predicted molar refractivity (Wildman–Crippen MR) is 94.4 cm³/mol. The Kier molecular flexibility index (Phi) is 5.37. The number of fused-ring (bicyclic) bond motifs is 1. The number of carbonyl (C=O) groups is 1. The molecule has 0 bridgehead atoms. The molecule has 0 N–H and O–H groups in total. The number of para-hydroxylation sites is 2. The van der Waals surface area contributed by atoms with Crippen LogP contribution >= 0.6 is 11.6 Å². The molecule has 1 heterocycles. The lowest BCUT2D eigenvalue weighted by Gasteiger charge is -2.18. The van der Waals surface area contributed by atoms with E-state index < -0.39 is 6.55 Å². The number of amides is 1. The van der Waals surface area contributed by atoms with Gasteiger partial charge in [-0.15, -0.1) is 0 Å². The number of likely N-dealkylation sites (N-methyl/N-ethyl adjacent to an activating group) is 1. The number of hydrogen-bond acceptors (Lipinski definition) is 3. The molecule has 1 amide bonds. The second kappa shape index (κ2) is 7.70. The fraction of sp³-hybridized carbons (Fsp3) is 0.222. The van der Waals surface area contributed by atoms with Gasteiger partial charge in [0, 0.05) is 12.1 Å². The molecule has 0 saturated heterocycles. The third kappa shape index (κ3) is 3.94. The fourth-order valence-electron chi connectivity index (χ4n) is 2.51. The van der Waals surface area contributed by atoms with Gasteiger partial charge >= 0.3 is 6.55 Å². The molecule has 0 aliphatic carbocycles. The van der Waals surface area contributed by atoms with Gasteiger partial charge in [0.05, 0.1) is 17.6 Å². The van der Waals surface area contributed by atoms with Crippen molar-refractivity contribution in [3.63, 3.8) is 0 Å². The molecule has 0 fully saturated rings. The first-order valence-corrected chi connectivity index (χ1v) is 8.20. The third-order valence-corrected chi connectivity index (χ3v) is 4.10. The fourth-order valence-corrected chi connectivity index (χ4v) is 2.64. The smallest absolute Gasteiger partial charge is 0.320 e. The molecular weight excluding hydrogens is 364 g/mol. The Hall–Kier alpha value is -2.67. The summed E-state index contributed by atoms with van der Waals surface area (Å²) in [6.45, 7) is -3.01. The predicted octanol–water partition coefficient (Wildman–Crippen LogP) is 4.12. The van der Waals surface area contributed by atoms with Crippen LogP contribution in [0.25, 0.3) is 11.0 Å². The molecule has 8 heteroatoms. The van der Waals surface area contributed by atoms with Crippen molar-refractivity contribution in [2.45, 2.75) is 13.1 Å². The van der Waals surface area contributed by atoms with Gasteiger partial charge in [0.25, 0.3) is 5.91 Å². The van der Waals surface area contributed by atoms with Crippen molar-refractivity contribution >= 4 is 28.5 Å². The largest absolute Gasteiger partial charge is 0.484 e. The van der Waals surface area contributed by atoms with Crippen LogP contribution in [0.5, 0.6) is 5.75 Å². The number of aromatic nitrogens is 2. The van der Waals surface area contributed by atoms with Crippen LogP contribution in [0.1, 0.15) is 12.4 Å². The molecule has 0 aliphatic rings. The first-order valence-electron chi connectivity index (χ1n) is 7.82. The van der Waals surface area contributed by atoms with Crippen molar-refractivity contribution in [2.24, 2.45) is 0 Å². The van der Waals surface area contributed by atoms with E-state index in [0.29, 0.717) is 21.8 Å². The third-order valence-electron chi connectivity index (χ3n) is 3.84. The second-order valence-electron chi connectivity index (χ2n) is 5.66. The molecule has 0 aliphatic heterocycles. The molecule has 0 unspecified atom stereocenters. The van der Waals surface area contributed by atoms with Crippen molar-refractivity contribution in [3.05, 3.63) is 59.4 Å². The Balaban J connectivity index is 1.70. The molecule has 3 aromatic rings. The van der Waals surface area contributed by atoms with E-state index in [-0.39, 0.29) is 24.9 Å². The molecule has 26 heavy (non-hydrogen) atoms. The van der Waals surface area contributed by atoms with Crippen LogP contribution in [0, 0.1) is 0 Å². The number of rotatable bonds is 6. The summed E-state index contributed by atoms with van der Waals surface area (Å²) in [6, 6.07) is 13.2. The van der Waals surface area contributed by atoms with Crippen LogP contribution < -0.4 is 4.74 Å². The van der Waals surface area contributed by atoms with E-state index in [9.17, 15) is 13.6 Å². The zero-order valence-corrected chi connectivity index (χ0v) is 14.7.